The summed E-state index contributed by atoms with van der Waals surface area (Å²) in [7, 11) is 0. The van der Waals surface area contributed by atoms with Gasteiger partial charge in [0.15, 0.2) is 5.82 Å². The lowest BCUT2D eigenvalue weighted by Gasteiger charge is -2.12. The lowest BCUT2D eigenvalue weighted by Crippen LogP contribution is -2.18. The van der Waals surface area contributed by atoms with Gasteiger partial charge >= 0.3 is 0 Å². The Morgan fingerprint density at radius 1 is 1.26 bits per heavy atom. The van der Waals surface area contributed by atoms with Crippen LogP contribution in [0.15, 0.2) is 41.1 Å². The molecule has 0 saturated heterocycles. The van der Waals surface area contributed by atoms with Gasteiger partial charge in [0.05, 0.1) is 5.69 Å². The first kappa shape index (κ1) is 13.7. The van der Waals surface area contributed by atoms with Crippen LogP contribution in [0.4, 0.5) is 5.69 Å². The molecule has 2 aromatic rings. The second kappa shape index (κ2) is 5.93. The largest absolute Gasteiger partial charge is 0.325 e. The smallest absolute Gasteiger partial charge is 0.226 e. The predicted molar refractivity (Wildman–Crippen MR) is 78.6 cm³/mol. The predicted octanol–water partition coefficient (Wildman–Crippen LogP) is 3.50. The fraction of sp³-hybridized carbons (Fsp3) is 0.214. The molecule has 1 N–H and O–H groups in total. The molecule has 0 fully saturated rings. The number of benzene rings is 1. The number of carbonyl (C=O) groups excluding carboxylic acids is 1. The molecule has 1 heterocycles. The van der Waals surface area contributed by atoms with E-state index in [9.17, 15) is 4.79 Å². The Balaban J connectivity index is 2.42. The van der Waals surface area contributed by atoms with Gasteiger partial charge in [0.25, 0.3) is 0 Å². The molecule has 5 heteroatoms. The van der Waals surface area contributed by atoms with E-state index in [0.29, 0.717) is 11.5 Å². The Hall–Kier alpha value is -1.75. The molecule has 0 atom stereocenters. The van der Waals surface area contributed by atoms with Gasteiger partial charge in [0.2, 0.25) is 5.91 Å². The Morgan fingerprint density at radius 3 is 2.58 bits per heavy atom. The maximum Gasteiger partial charge on any atom is 0.226 e. The highest BCUT2D eigenvalue weighted by Crippen LogP contribution is 2.28. The van der Waals surface area contributed by atoms with Crippen LogP contribution >= 0.6 is 15.9 Å². The summed E-state index contributed by atoms with van der Waals surface area (Å²) in [5, 5.41) is 2.90. The van der Waals surface area contributed by atoms with Gasteiger partial charge in [-0.1, -0.05) is 29.8 Å². The number of hydrogen-bond donors (Lipinski definition) is 1. The van der Waals surface area contributed by atoms with Crippen molar-refractivity contribution in [1.29, 1.82) is 0 Å². The van der Waals surface area contributed by atoms with Crippen LogP contribution in [0.2, 0.25) is 0 Å². The molecule has 0 unspecified atom stereocenters. The highest BCUT2D eigenvalue weighted by atomic mass is 79.9. The van der Waals surface area contributed by atoms with E-state index in [2.05, 4.69) is 31.2 Å². The van der Waals surface area contributed by atoms with Gasteiger partial charge in [-0.2, -0.15) is 0 Å². The Labute approximate surface area is 120 Å². The zero-order valence-corrected chi connectivity index (χ0v) is 12.3. The van der Waals surface area contributed by atoms with Crippen molar-refractivity contribution in [3.05, 3.63) is 41.1 Å². The fourth-order valence-electron chi connectivity index (χ4n) is 1.53. The fourth-order valence-corrected chi connectivity index (χ4v) is 1.89. The molecule has 0 radical (unpaired) electrons. The van der Waals surface area contributed by atoms with Gasteiger partial charge in [0.1, 0.15) is 0 Å². The van der Waals surface area contributed by atoms with Crippen LogP contribution in [0.25, 0.3) is 11.4 Å². The molecular weight excluding hydrogens is 306 g/mol. The molecule has 4 nitrogen and oxygen atoms in total. The summed E-state index contributed by atoms with van der Waals surface area (Å²) in [6.45, 7) is 3.71. The number of nitrogens with zero attached hydrogens (tertiary/aromatic N) is 2. The molecule has 1 aromatic heterocycles. The van der Waals surface area contributed by atoms with E-state index < -0.39 is 0 Å². The average Bonchev–Trinajstić information content (AvgIpc) is 2.41. The number of nitrogens with one attached hydrogen (secondary N) is 1. The molecule has 19 heavy (non-hydrogen) atoms. The normalized spacial score (nSPS) is 10.5. The summed E-state index contributed by atoms with van der Waals surface area (Å²) in [5.74, 6) is 0.482. The van der Waals surface area contributed by atoms with Crippen molar-refractivity contribution in [3.63, 3.8) is 0 Å². The maximum atomic E-state index is 11.8. The lowest BCUT2D eigenvalue weighted by molar-refractivity contribution is -0.118. The second-order valence-electron chi connectivity index (χ2n) is 4.41. The van der Waals surface area contributed by atoms with E-state index in [0.717, 1.165) is 10.0 Å². The molecule has 2 rings (SSSR count). The zero-order valence-electron chi connectivity index (χ0n) is 10.7. The molecule has 0 spiro atoms. The number of carbonyl (C=O) groups is 1. The van der Waals surface area contributed by atoms with Crippen LogP contribution in [-0.2, 0) is 4.79 Å². The number of anilines is 1. The van der Waals surface area contributed by atoms with Crippen molar-refractivity contribution < 1.29 is 4.79 Å². The van der Waals surface area contributed by atoms with Crippen molar-refractivity contribution in [1.82, 2.24) is 9.97 Å². The third kappa shape index (κ3) is 3.38. The average molecular weight is 320 g/mol. The Bertz CT molecular complexity index is 584. The van der Waals surface area contributed by atoms with Gasteiger partial charge in [-0.25, -0.2) is 9.97 Å². The Morgan fingerprint density at radius 2 is 1.95 bits per heavy atom. The minimum atomic E-state index is -0.0758. The van der Waals surface area contributed by atoms with Crippen molar-refractivity contribution in [2.45, 2.75) is 13.8 Å². The highest BCUT2D eigenvalue weighted by molar-refractivity contribution is 9.10. The third-order valence-electron chi connectivity index (χ3n) is 2.57. The highest BCUT2D eigenvalue weighted by Gasteiger charge is 2.13. The zero-order chi connectivity index (χ0) is 13.8. The summed E-state index contributed by atoms with van der Waals surface area (Å²) < 4.78 is 0.914. The van der Waals surface area contributed by atoms with E-state index in [-0.39, 0.29) is 11.8 Å². The number of amides is 1. The first-order valence-corrected chi connectivity index (χ1v) is 6.75. The molecule has 0 saturated carbocycles. The molecule has 0 aliphatic rings. The first-order chi connectivity index (χ1) is 9.08. The summed E-state index contributed by atoms with van der Waals surface area (Å²) in [5.41, 5.74) is 1.51. The lowest BCUT2D eigenvalue weighted by atomic mass is 10.1. The number of hydrogen-bond acceptors (Lipinski definition) is 3. The minimum absolute atomic E-state index is 0.0282. The van der Waals surface area contributed by atoms with Gasteiger partial charge in [-0.3, -0.25) is 4.79 Å². The van der Waals surface area contributed by atoms with E-state index in [1.54, 1.807) is 18.5 Å². The number of aromatic nitrogens is 2. The van der Waals surface area contributed by atoms with Gasteiger partial charge in [0, 0.05) is 28.3 Å². The van der Waals surface area contributed by atoms with Crippen LogP contribution in [-0.4, -0.2) is 15.9 Å². The summed E-state index contributed by atoms with van der Waals surface area (Å²) in [6, 6.07) is 7.37. The van der Waals surface area contributed by atoms with Gasteiger partial charge < -0.3 is 5.32 Å². The molecular formula is C14H14BrN3O. The number of halogens is 1. The van der Waals surface area contributed by atoms with Crippen LogP contribution < -0.4 is 5.32 Å². The van der Waals surface area contributed by atoms with Gasteiger partial charge in [-0.05, 0) is 24.3 Å². The molecule has 1 aromatic carbocycles. The SMILES string of the molecule is CC(C)C(=O)Nc1ccc(Br)cc1-c1ncccn1. The van der Waals surface area contributed by atoms with Crippen LogP contribution in [0.1, 0.15) is 13.8 Å². The molecule has 0 bridgehead atoms. The van der Waals surface area contributed by atoms with E-state index in [4.69, 9.17) is 0 Å². The molecule has 0 aliphatic carbocycles. The van der Waals surface area contributed by atoms with Crippen molar-refractivity contribution in [2.75, 3.05) is 5.32 Å². The van der Waals surface area contributed by atoms with Crippen molar-refractivity contribution in [2.24, 2.45) is 5.92 Å². The van der Waals surface area contributed by atoms with Crippen LogP contribution in [0.5, 0.6) is 0 Å². The molecule has 1 amide bonds. The monoisotopic (exact) mass is 319 g/mol. The van der Waals surface area contributed by atoms with Crippen LogP contribution in [0, 0.1) is 5.92 Å². The first-order valence-electron chi connectivity index (χ1n) is 5.95. The summed E-state index contributed by atoms with van der Waals surface area (Å²) in [6.07, 6.45) is 3.36. The summed E-state index contributed by atoms with van der Waals surface area (Å²) >= 11 is 3.42. The van der Waals surface area contributed by atoms with E-state index in [1.165, 1.54) is 0 Å². The van der Waals surface area contributed by atoms with Crippen molar-refractivity contribution >= 4 is 27.5 Å². The van der Waals surface area contributed by atoms with Crippen LogP contribution in [0.3, 0.4) is 0 Å². The summed E-state index contributed by atoms with van der Waals surface area (Å²) in [4.78, 5) is 20.3. The second-order valence-corrected chi connectivity index (χ2v) is 5.32. The molecule has 0 aliphatic heterocycles. The Kier molecular flexibility index (Phi) is 4.27. The topological polar surface area (TPSA) is 54.9 Å². The van der Waals surface area contributed by atoms with Crippen molar-refractivity contribution in [3.8, 4) is 11.4 Å². The standard InChI is InChI=1S/C14H14BrN3O/c1-9(2)14(19)18-12-5-4-10(15)8-11(12)13-16-6-3-7-17-13/h3-9H,1-2H3,(H,18,19). The maximum absolute atomic E-state index is 11.8. The molecule has 98 valence electrons. The van der Waals surface area contributed by atoms with Gasteiger partial charge in [-0.15, -0.1) is 0 Å². The minimum Gasteiger partial charge on any atom is -0.325 e. The van der Waals surface area contributed by atoms with E-state index >= 15 is 0 Å². The third-order valence-corrected chi connectivity index (χ3v) is 3.06. The van der Waals surface area contributed by atoms with E-state index in [1.807, 2.05) is 32.0 Å². The quantitative estimate of drug-likeness (QED) is 0.942. The number of rotatable bonds is 3.